The molecule has 0 bridgehead atoms. The number of carbonyl (C=O) groups excluding carboxylic acids is 1. The molecule has 1 heterocycles. The number of hydrogen-bond acceptors (Lipinski definition) is 2. The van der Waals surface area contributed by atoms with Crippen molar-refractivity contribution in [1.29, 1.82) is 0 Å². The number of halogens is 1. The van der Waals surface area contributed by atoms with Gasteiger partial charge in [0.2, 0.25) is 5.91 Å². The Morgan fingerprint density at radius 1 is 1.37 bits per heavy atom. The maximum absolute atomic E-state index is 13.0. The van der Waals surface area contributed by atoms with Crippen molar-refractivity contribution in [3.63, 3.8) is 0 Å². The van der Waals surface area contributed by atoms with Crippen LogP contribution in [0.1, 0.15) is 38.3 Å². The van der Waals surface area contributed by atoms with Crippen molar-refractivity contribution in [2.75, 3.05) is 6.61 Å². The van der Waals surface area contributed by atoms with Crippen molar-refractivity contribution in [2.24, 2.45) is 5.92 Å². The largest absolute Gasteiger partial charge is 0.376 e. The topological polar surface area (TPSA) is 38.3 Å². The van der Waals surface area contributed by atoms with Gasteiger partial charge in [-0.2, -0.15) is 0 Å². The molecule has 0 saturated carbocycles. The normalized spacial score (nSPS) is 20.5. The molecule has 1 aromatic carbocycles. The van der Waals surface area contributed by atoms with Gasteiger partial charge in [0.25, 0.3) is 0 Å². The molecule has 1 aromatic rings. The molecule has 2 atom stereocenters. The average molecular weight is 265 g/mol. The highest BCUT2D eigenvalue weighted by atomic mass is 19.1. The van der Waals surface area contributed by atoms with Crippen molar-refractivity contribution >= 4 is 5.91 Å². The van der Waals surface area contributed by atoms with Crippen molar-refractivity contribution in [1.82, 2.24) is 5.32 Å². The summed E-state index contributed by atoms with van der Waals surface area (Å²) in [6, 6.07) is 6.06. The number of carbonyl (C=O) groups is 1. The number of ether oxygens (including phenoxy) is 1. The zero-order chi connectivity index (χ0) is 13.8. The first-order valence-corrected chi connectivity index (χ1v) is 6.75. The van der Waals surface area contributed by atoms with E-state index in [9.17, 15) is 9.18 Å². The summed E-state index contributed by atoms with van der Waals surface area (Å²) in [5.41, 5.74) is 0.891. The van der Waals surface area contributed by atoms with Gasteiger partial charge in [-0.05, 0) is 30.5 Å². The van der Waals surface area contributed by atoms with E-state index in [0.29, 0.717) is 0 Å². The third kappa shape index (κ3) is 3.53. The molecule has 19 heavy (non-hydrogen) atoms. The van der Waals surface area contributed by atoms with Crippen LogP contribution in [-0.4, -0.2) is 18.6 Å². The first-order chi connectivity index (χ1) is 9.08. The Morgan fingerprint density at radius 3 is 2.58 bits per heavy atom. The van der Waals surface area contributed by atoms with Crippen LogP contribution in [0.15, 0.2) is 24.3 Å². The van der Waals surface area contributed by atoms with Crippen molar-refractivity contribution in [3.05, 3.63) is 35.6 Å². The minimum atomic E-state index is -0.273. The van der Waals surface area contributed by atoms with E-state index in [4.69, 9.17) is 4.74 Å². The fraction of sp³-hybridized carbons (Fsp3) is 0.533. The lowest BCUT2D eigenvalue weighted by Gasteiger charge is -2.25. The standard InChI is InChI=1S/C15H20FNO2/c1-10(2)15(18)17-14(13-4-3-9-19-13)11-5-7-12(16)8-6-11/h5-8,10,13-14H,3-4,9H2,1-2H3,(H,17,18)/t13-,14+/m0/s1. The van der Waals surface area contributed by atoms with Gasteiger partial charge in [-0.3, -0.25) is 4.79 Å². The SMILES string of the molecule is CC(C)C(=O)N[C@H](c1ccc(F)cc1)[C@@H]1CCCO1. The van der Waals surface area contributed by atoms with Gasteiger partial charge < -0.3 is 10.1 Å². The number of rotatable bonds is 4. The highest BCUT2D eigenvalue weighted by Gasteiger charge is 2.29. The first-order valence-electron chi connectivity index (χ1n) is 6.75. The molecule has 0 aromatic heterocycles. The molecule has 0 unspecified atom stereocenters. The summed E-state index contributed by atoms with van der Waals surface area (Å²) < 4.78 is 18.7. The van der Waals surface area contributed by atoms with Gasteiger partial charge in [-0.1, -0.05) is 26.0 Å². The number of nitrogens with one attached hydrogen (secondary N) is 1. The zero-order valence-corrected chi connectivity index (χ0v) is 11.4. The Bertz CT molecular complexity index is 424. The van der Waals surface area contributed by atoms with Crippen molar-refractivity contribution < 1.29 is 13.9 Å². The molecule has 1 fully saturated rings. The molecule has 1 saturated heterocycles. The highest BCUT2D eigenvalue weighted by Crippen LogP contribution is 2.27. The lowest BCUT2D eigenvalue weighted by molar-refractivity contribution is -0.125. The fourth-order valence-electron chi connectivity index (χ4n) is 2.25. The second-order valence-corrected chi connectivity index (χ2v) is 5.24. The van der Waals surface area contributed by atoms with Gasteiger partial charge in [0.05, 0.1) is 12.1 Å². The van der Waals surface area contributed by atoms with E-state index in [2.05, 4.69) is 5.32 Å². The van der Waals surface area contributed by atoms with E-state index in [-0.39, 0.29) is 29.8 Å². The van der Waals surface area contributed by atoms with Gasteiger partial charge in [0.15, 0.2) is 0 Å². The molecule has 0 aliphatic carbocycles. The molecule has 2 rings (SSSR count). The molecule has 1 aliphatic rings. The maximum Gasteiger partial charge on any atom is 0.223 e. The first kappa shape index (κ1) is 14.0. The van der Waals surface area contributed by atoms with Gasteiger partial charge in [-0.25, -0.2) is 4.39 Å². The van der Waals surface area contributed by atoms with Gasteiger partial charge in [-0.15, -0.1) is 0 Å². The summed E-state index contributed by atoms with van der Waals surface area (Å²) in [7, 11) is 0. The lowest BCUT2D eigenvalue weighted by atomic mass is 9.98. The molecule has 0 spiro atoms. The van der Waals surface area contributed by atoms with Crippen LogP contribution in [0.4, 0.5) is 4.39 Å². The van der Waals surface area contributed by atoms with Crippen LogP contribution in [0.3, 0.4) is 0 Å². The number of amides is 1. The Kier molecular flexibility index (Phi) is 4.53. The molecule has 1 N–H and O–H groups in total. The van der Waals surface area contributed by atoms with E-state index in [0.717, 1.165) is 25.0 Å². The zero-order valence-electron chi connectivity index (χ0n) is 11.4. The van der Waals surface area contributed by atoms with E-state index >= 15 is 0 Å². The van der Waals surface area contributed by atoms with Crippen molar-refractivity contribution in [3.8, 4) is 0 Å². The third-order valence-electron chi connectivity index (χ3n) is 3.39. The smallest absolute Gasteiger partial charge is 0.223 e. The lowest BCUT2D eigenvalue weighted by Crippen LogP contribution is -2.38. The third-order valence-corrected chi connectivity index (χ3v) is 3.39. The second kappa shape index (κ2) is 6.15. The Balaban J connectivity index is 2.18. The van der Waals surface area contributed by atoms with Crippen molar-refractivity contribution in [2.45, 2.75) is 38.8 Å². The van der Waals surface area contributed by atoms with Gasteiger partial charge in [0, 0.05) is 12.5 Å². The van der Waals surface area contributed by atoms with Crippen LogP contribution in [0, 0.1) is 11.7 Å². The van der Waals surface area contributed by atoms with E-state index < -0.39 is 0 Å². The summed E-state index contributed by atoms with van der Waals surface area (Å²) >= 11 is 0. The summed E-state index contributed by atoms with van der Waals surface area (Å²) in [5, 5.41) is 3.01. The summed E-state index contributed by atoms with van der Waals surface area (Å²) in [5.74, 6) is -0.362. The van der Waals surface area contributed by atoms with Gasteiger partial charge in [0.1, 0.15) is 5.82 Å². The van der Waals surface area contributed by atoms with Crippen LogP contribution >= 0.6 is 0 Å². The summed E-state index contributed by atoms with van der Waals surface area (Å²) in [4.78, 5) is 11.9. The number of hydrogen-bond donors (Lipinski definition) is 1. The minimum Gasteiger partial charge on any atom is -0.376 e. The van der Waals surface area contributed by atoms with Crippen LogP contribution in [-0.2, 0) is 9.53 Å². The predicted molar refractivity (Wildman–Crippen MR) is 71.1 cm³/mol. The summed E-state index contributed by atoms with van der Waals surface area (Å²) in [6.45, 7) is 4.43. The molecule has 4 heteroatoms. The average Bonchev–Trinajstić information content (AvgIpc) is 2.90. The van der Waals surface area contributed by atoms with E-state index in [1.54, 1.807) is 12.1 Å². The van der Waals surface area contributed by atoms with Crippen LogP contribution in [0.2, 0.25) is 0 Å². The molecule has 0 radical (unpaired) electrons. The fourth-order valence-corrected chi connectivity index (χ4v) is 2.25. The monoisotopic (exact) mass is 265 g/mol. The molecular weight excluding hydrogens is 245 g/mol. The van der Waals surface area contributed by atoms with Crippen LogP contribution in [0.5, 0.6) is 0 Å². The predicted octanol–water partition coefficient (Wildman–Crippen LogP) is 2.82. The Labute approximate surface area is 113 Å². The number of benzene rings is 1. The molecule has 104 valence electrons. The molecule has 1 amide bonds. The maximum atomic E-state index is 13.0. The quantitative estimate of drug-likeness (QED) is 0.909. The Morgan fingerprint density at radius 2 is 2.05 bits per heavy atom. The van der Waals surface area contributed by atoms with E-state index in [1.165, 1.54) is 12.1 Å². The minimum absolute atomic E-state index is 0.00942. The molecular formula is C15H20FNO2. The van der Waals surface area contributed by atoms with E-state index in [1.807, 2.05) is 13.8 Å². The Hall–Kier alpha value is -1.42. The molecule has 3 nitrogen and oxygen atoms in total. The highest BCUT2D eigenvalue weighted by molar-refractivity contribution is 5.78. The molecule has 1 aliphatic heterocycles. The summed E-state index contributed by atoms with van der Waals surface area (Å²) in [6.07, 6.45) is 1.90. The van der Waals surface area contributed by atoms with Crippen LogP contribution in [0.25, 0.3) is 0 Å². The van der Waals surface area contributed by atoms with Gasteiger partial charge >= 0.3 is 0 Å². The van der Waals surface area contributed by atoms with Crippen LogP contribution < -0.4 is 5.32 Å². The second-order valence-electron chi connectivity index (χ2n) is 5.24.